The molecule has 0 aromatic rings. The molecule has 0 aromatic heterocycles. The largest absolute Gasteiger partial charge is 0.379 e. The fourth-order valence-electron chi connectivity index (χ4n) is 2.91. The van der Waals surface area contributed by atoms with Crippen LogP contribution in [-0.2, 0) is 9.47 Å². The van der Waals surface area contributed by atoms with E-state index < -0.39 is 0 Å². The second-order valence-electron chi connectivity index (χ2n) is 7.45. The van der Waals surface area contributed by atoms with Crippen molar-refractivity contribution in [3.63, 3.8) is 0 Å². The Hall–Kier alpha value is -0.0800. The summed E-state index contributed by atoms with van der Waals surface area (Å²) >= 11 is 0. The van der Waals surface area contributed by atoms with E-state index in [2.05, 4.69) is 36.4 Å². The third-order valence-corrected chi connectivity index (χ3v) is 4.45. The molecule has 1 saturated carbocycles. The molecule has 1 unspecified atom stereocenters. The fourth-order valence-corrected chi connectivity index (χ4v) is 2.91. The van der Waals surface area contributed by atoms with Crippen LogP contribution in [-0.4, -0.2) is 52.0 Å². The van der Waals surface area contributed by atoms with Gasteiger partial charge in [-0.15, -0.1) is 24.0 Å². The molecule has 0 aliphatic heterocycles. The number of nitrogens with one attached hydrogen (secondary N) is 2. The van der Waals surface area contributed by atoms with Crippen molar-refractivity contribution in [2.75, 3.05) is 33.9 Å². The van der Waals surface area contributed by atoms with E-state index in [-0.39, 0.29) is 35.5 Å². The molecule has 1 aliphatic rings. The third kappa shape index (κ3) is 10.0. The fraction of sp³-hybridized carbons (Fsp3) is 0.944. The van der Waals surface area contributed by atoms with E-state index in [9.17, 15) is 0 Å². The van der Waals surface area contributed by atoms with E-state index >= 15 is 0 Å². The van der Waals surface area contributed by atoms with Gasteiger partial charge in [-0.1, -0.05) is 40.0 Å². The van der Waals surface area contributed by atoms with Gasteiger partial charge < -0.3 is 20.1 Å². The summed E-state index contributed by atoms with van der Waals surface area (Å²) in [4.78, 5) is 4.26. The predicted molar refractivity (Wildman–Crippen MR) is 112 cm³/mol. The normalized spacial score (nSPS) is 18.0. The standard InChI is InChI=1S/C18H37N3O2.HI/c1-18(2,3)16(22-5)14-21-17(19-4)20-12-9-13-23-15-10-7-6-8-11-15;/h15-16H,6-14H2,1-5H3,(H2,19,20,21);1H. The topological polar surface area (TPSA) is 54.9 Å². The Kier molecular flexibility index (Phi) is 13.1. The monoisotopic (exact) mass is 455 g/mol. The smallest absolute Gasteiger partial charge is 0.191 e. The van der Waals surface area contributed by atoms with Crippen LogP contribution in [0.4, 0.5) is 0 Å². The van der Waals surface area contributed by atoms with Gasteiger partial charge in [-0.25, -0.2) is 0 Å². The van der Waals surface area contributed by atoms with Gasteiger partial charge in [-0.05, 0) is 24.7 Å². The van der Waals surface area contributed by atoms with Crippen LogP contribution in [0, 0.1) is 5.41 Å². The van der Waals surface area contributed by atoms with Crippen molar-refractivity contribution in [1.82, 2.24) is 10.6 Å². The zero-order chi connectivity index (χ0) is 17.1. The minimum Gasteiger partial charge on any atom is -0.379 e. The number of guanidine groups is 1. The average molecular weight is 455 g/mol. The van der Waals surface area contributed by atoms with Gasteiger partial charge in [0.1, 0.15) is 0 Å². The van der Waals surface area contributed by atoms with Gasteiger partial charge in [0.05, 0.1) is 12.2 Å². The molecule has 1 rings (SSSR count). The quantitative estimate of drug-likeness (QED) is 0.254. The van der Waals surface area contributed by atoms with E-state index in [1.807, 2.05) is 0 Å². The zero-order valence-electron chi connectivity index (χ0n) is 16.2. The van der Waals surface area contributed by atoms with E-state index in [0.717, 1.165) is 32.1 Å². The van der Waals surface area contributed by atoms with Gasteiger partial charge in [0.15, 0.2) is 5.96 Å². The predicted octanol–water partition coefficient (Wildman–Crippen LogP) is 3.57. The lowest BCUT2D eigenvalue weighted by atomic mass is 9.89. The molecule has 0 amide bonds. The summed E-state index contributed by atoms with van der Waals surface area (Å²) in [6.45, 7) is 9.00. The lowest BCUT2D eigenvalue weighted by molar-refractivity contribution is 0.0204. The molecule has 0 heterocycles. The highest BCUT2D eigenvalue weighted by Crippen LogP contribution is 2.21. The summed E-state index contributed by atoms with van der Waals surface area (Å²) in [6.07, 6.45) is 8.15. The van der Waals surface area contributed by atoms with Crippen LogP contribution in [0.3, 0.4) is 0 Å². The molecule has 144 valence electrons. The van der Waals surface area contributed by atoms with Crippen LogP contribution in [0.1, 0.15) is 59.3 Å². The summed E-state index contributed by atoms with van der Waals surface area (Å²) in [7, 11) is 3.56. The highest BCUT2D eigenvalue weighted by Gasteiger charge is 2.24. The maximum Gasteiger partial charge on any atom is 0.191 e. The number of hydrogen-bond donors (Lipinski definition) is 2. The van der Waals surface area contributed by atoms with Crippen LogP contribution in [0.25, 0.3) is 0 Å². The lowest BCUT2D eigenvalue weighted by Crippen LogP contribution is -2.45. The van der Waals surface area contributed by atoms with Gasteiger partial charge >= 0.3 is 0 Å². The van der Waals surface area contributed by atoms with Crippen molar-refractivity contribution in [3.05, 3.63) is 0 Å². The summed E-state index contributed by atoms with van der Waals surface area (Å²) < 4.78 is 11.5. The number of nitrogens with zero attached hydrogens (tertiary/aromatic N) is 1. The highest BCUT2D eigenvalue weighted by molar-refractivity contribution is 14.0. The van der Waals surface area contributed by atoms with Gasteiger partial charge in [0, 0.05) is 33.9 Å². The Bertz CT molecular complexity index is 340. The minimum atomic E-state index is 0. The summed E-state index contributed by atoms with van der Waals surface area (Å²) in [6, 6.07) is 0. The molecule has 0 radical (unpaired) electrons. The van der Waals surface area contributed by atoms with E-state index in [1.165, 1.54) is 32.1 Å². The number of ether oxygens (including phenoxy) is 2. The maximum absolute atomic E-state index is 5.94. The van der Waals surface area contributed by atoms with Gasteiger partial charge in [0.2, 0.25) is 0 Å². The van der Waals surface area contributed by atoms with Crippen molar-refractivity contribution in [2.24, 2.45) is 10.4 Å². The Balaban J connectivity index is 0.00000529. The Morgan fingerprint density at radius 2 is 1.83 bits per heavy atom. The van der Waals surface area contributed by atoms with E-state index in [4.69, 9.17) is 9.47 Å². The SMILES string of the molecule is CN=C(NCCCOC1CCCCC1)NCC(OC)C(C)(C)C.I. The number of halogens is 1. The number of aliphatic imine (C=N–C) groups is 1. The van der Waals surface area contributed by atoms with Crippen molar-refractivity contribution in [3.8, 4) is 0 Å². The highest BCUT2D eigenvalue weighted by atomic mass is 127. The van der Waals surface area contributed by atoms with Crippen molar-refractivity contribution in [2.45, 2.75) is 71.5 Å². The molecule has 0 aromatic carbocycles. The molecule has 1 fully saturated rings. The molecule has 1 aliphatic carbocycles. The Morgan fingerprint density at radius 1 is 1.17 bits per heavy atom. The molecule has 2 N–H and O–H groups in total. The first kappa shape index (κ1) is 23.9. The van der Waals surface area contributed by atoms with Gasteiger partial charge in [0.25, 0.3) is 0 Å². The van der Waals surface area contributed by atoms with Crippen LogP contribution in [0.15, 0.2) is 4.99 Å². The molecule has 6 heteroatoms. The second-order valence-corrected chi connectivity index (χ2v) is 7.45. The Morgan fingerprint density at radius 3 is 2.38 bits per heavy atom. The molecule has 5 nitrogen and oxygen atoms in total. The van der Waals surface area contributed by atoms with E-state index in [0.29, 0.717) is 6.10 Å². The van der Waals surface area contributed by atoms with Crippen LogP contribution >= 0.6 is 24.0 Å². The first-order valence-corrected chi connectivity index (χ1v) is 9.06. The molecule has 0 spiro atoms. The molecule has 0 saturated heterocycles. The zero-order valence-corrected chi connectivity index (χ0v) is 18.5. The van der Waals surface area contributed by atoms with Crippen molar-refractivity contribution in [1.29, 1.82) is 0 Å². The van der Waals surface area contributed by atoms with Crippen molar-refractivity contribution >= 4 is 29.9 Å². The maximum atomic E-state index is 5.94. The number of rotatable bonds is 8. The summed E-state index contributed by atoms with van der Waals surface area (Å²) in [5.74, 6) is 0.828. The number of methoxy groups -OCH3 is 1. The molecular weight excluding hydrogens is 417 g/mol. The van der Waals surface area contributed by atoms with E-state index in [1.54, 1.807) is 14.2 Å². The first-order chi connectivity index (χ1) is 11.0. The van der Waals surface area contributed by atoms with Gasteiger partial charge in [-0.3, -0.25) is 4.99 Å². The Labute approximate surface area is 165 Å². The minimum absolute atomic E-state index is 0. The number of hydrogen-bond acceptors (Lipinski definition) is 3. The second kappa shape index (κ2) is 13.2. The van der Waals surface area contributed by atoms with Crippen molar-refractivity contribution < 1.29 is 9.47 Å². The third-order valence-electron chi connectivity index (χ3n) is 4.45. The average Bonchev–Trinajstić information content (AvgIpc) is 2.53. The van der Waals surface area contributed by atoms with Crippen LogP contribution in [0.5, 0.6) is 0 Å². The molecular formula is C18H38IN3O2. The lowest BCUT2D eigenvalue weighted by Gasteiger charge is -2.30. The summed E-state index contributed by atoms with van der Waals surface area (Å²) in [5.41, 5.74) is 0.106. The molecule has 24 heavy (non-hydrogen) atoms. The van der Waals surface area contributed by atoms with Crippen LogP contribution < -0.4 is 10.6 Å². The van der Waals surface area contributed by atoms with Gasteiger partial charge in [-0.2, -0.15) is 0 Å². The van der Waals surface area contributed by atoms with Crippen LogP contribution in [0.2, 0.25) is 0 Å². The first-order valence-electron chi connectivity index (χ1n) is 9.06. The molecule has 1 atom stereocenters. The molecule has 0 bridgehead atoms. The summed E-state index contributed by atoms with van der Waals surface area (Å²) in [5, 5.41) is 6.68.